The van der Waals surface area contributed by atoms with Gasteiger partial charge < -0.3 is 5.32 Å². The Morgan fingerprint density at radius 3 is 2.60 bits per heavy atom. The van der Waals surface area contributed by atoms with Crippen molar-refractivity contribution in [2.24, 2.45) is 0 Å². The van der Waals surface area contributed by atoms with E-state index in [2.05, 4.69) is 43.4 Å². The van der Waals surface area contributed by atoms with Gasteiger partial charge >= 0.3 is 0 Å². The predicted octanol–water partition coefficient (Wildman–Crippen LogP) is 2.32. The summed E-state index contributed by atoms with van der Waals surface area (Å²) in [4.78, 5) is 0. The largest absolute Gasteiger partial charge is 0.310 e. The van der Waals surface area contributed by atoms with Crippen LogP contribution in [0.1, 0.15) is 37.4 Å². The number of nitrogens with one attached hydrogen (secondary N) is 1. The van der Waals surface area contributed by atoms with Crippen molar-refractivity contribution in [1.82, 2.24) is 9.62 Å². The van der Waals surface area contributed by atoms with Crippen LogP contribution in [0.5, 0.6) is 0 Å². The summed E-state index contributed by atoms with van der Waals surface area (Å²) in [6.07, 6.45) is 2.08. The Labute approximate surface area is 123 Å². The summed E-state index contributed by atoms with van der Waals surface area (Å²) in [5.74, 6) is 0. The molecule has 1 rings (SSSR count). The number of hydrogen-bond acceptors (Lipinski definition) is 3. The van der Waals surface area contributed by atoms with E-state index < -0.39 is 10.0 Å². The second-order valence-electron chi connectivity index (χ2n) is 5.20. The number of aryl methyl sites for hydroxylation is 1. The van der Waals surface area contributed by atoms with E-state index in [1.54, 1.807) is 0 Å². The molecule has 1 N–H and O–H groups in total. The van der Waals surface area contributed by atoms with Gasteiger partial charge in [0.05, 0.1) is 6.26 Å². The van der Waals surface area contributed by atoms with Crippen LogP contribution < -0.4 is 5.32 Å². The minimum Gasteiger partial charge on any atom is -0.310 e. The normalized spacial score (nSPS) is 13.7. The molecular formula is C15H26N2O2S. The summed E-state index contributed by atoms with van der Waals surface area (Å²) in [5, 5.41) is 3.44. The lowest BCUT2D eigenvalue weighted by atomic mass is 10.1. The molecule has 20 heavy (non-hydrogen) atoms. The summed E-state index contributed by atoms with van der Waals surface area (Å²) in [5.41, 5.74) is 2.52. The topological polar surface area (TPSA) is 49.4 Å². The summed E-state index contributed by atoms with van der Waals surface area (Å²) in [6, 6.07) is 8.71. The molecule has 0 radical (unpaired) electrons. The molecule has 0 aliphatic rings. The van der Waals surface area contributed by atoms with E-state index in [4.69, 9.17) is 0 Å². The summed E-state index contributed by atoms with van der Waals surface area (Å²) < 4.78 is 24.4. The lowest BCUT2D eigenvalue weighted by Gasteiger charge is -2.19. The van der Waals surface area contributed by atoms with Gasteiger partial charge in [0.2, 0.25) is 10.0 Å². The third-order valence-electron chi connectivity index (χ3n) is 3.40. The molecule has 5 heteroatoms. The molecule has 0 bridgehead atoms. The molecule has 0 aromatic heterocycles. The molecule has 1 atom stereocenters. The SMILES string of the molecule is CCN(CCCNC(C)c1cccc(C)c1)S(C)(=O)=O. The van der Waals surface area contributed by atoms with Gasteiger partial charge in [0.15, 0.2) is 0 Å². The molecular weight excluding hydrogens is 272 g/mol. The highest BCUT2D eigenvalue weighted by Gasteiger charge is 2.13. The number of rotatable bonds is 8. The van der Waals surface area contributed by atoms with Gasteiger partial charge in [0.1, 0.15) is 0 Å². The van der Waals surface area contributed by atoms with Gasteiger partial charge in [0.25, 0.3) is 0 Å². The minimum atomic E-state index is -3.07. The predicted molar refractivity (Wildman–Crippen MR) is 84.3 cm³/mol. The molecule has 1 aromatic carbocycles. The first-order valence-corrected chi connectivity index (χ1v) is 8.94. The molecule has 1 unspecified atom stereocenters. The van der Waals surface area contributed by atoms with Crippen LogP contribution in [0.25, 0.3) is 0 Å². The van der Waals surface area contributed by atoms with Crippen molar-refractivity contribution in [3.8, 4) is 0 Å². The second kappa shape index (κ2) is 7.76. The molecule has 0 saturated heterocycles. The van der Waals surface area contributed by atoms with Crippen LogP contribution in [0.2, 0.25) is 0 Å². The van der Waals surface area contributed by atoms with Crippen molar-refractivity contribution in [1.29, 1.82) is 0 Å². The van der Waals surface area contributed by atoms with E-state index in [9.17, 15) is 8.42 Å². The zero-order chi connectivity index (χ0) is 15.2. The van der Waals surface area contributed by atoms with Crippen LogP contribution >= 0.6 is 0 Å². The van der Waals surface area contributed by atoms with Gasteiger partial charge in [-0.15, -0.1) is 0 Å². The van der Waals surface area contributed by atoms with Gasteiger partial charge in [0, 0.05) is 19.1 Å². The van der Waals surface area contributed by atoms with Crippen molar-refractivity contribution in [3.05, 3.63) is 35.4 Å². The van der Waals surface area contributed by atoms with E-state index in [0.717, 1.165) is 13.0 Å². The molecule has 0 amide bonds. The Morgan fingerprint density at radius 2 is 2.05 bits per heavy atom. The van der Waals surface area contributed by atoms with Gasteiger partial charge in [-0.2, -0.15) is 0 Å². The number of hydrogen-bond donors (Lipinski definition) is 1. The number of sulfonamides is 1. The summed E-state index contributed by atoms with van der Waals surface area (Å²) in [7, 11) is -3.07. The van der Waals surface area contributed by atoms with Gasteiger partial charge in [-0.3, -0.25) is 0 Å². The monoisotopic (exact) mass is 298 g/mol. The van der Waals surface area contributed by atoms with E-state index in [0.29, 0.717) is 13.1 Å². The Morgan fingerprint density at radius 1 is 1.35 bits per heavy atom. The van der Waals surface area contributed by atoms with Gasteiger partial charge in [-0.25, -0.2) is 12.7 Å². The fourth-order valence-corrected chi connectivity index (χ4v) is 3.12. The lowest BCUT2D eigenvalue weighted by Crippen LogP contribution is -2.32. The summed E-state index contributed by atoms with van der Waals surface area (Å²) >= 11 is 0. The maximum atomic E-state index is 11.5. The van der Waals surface area contributed by atoms with Crippen LogP contribution in [0, 0.1) is 6.92 Å². The van der Waals surface area contributed by atoms with Crippen molar-refractivity contribution in [3.63, 3.8) is 0 Å². The molecule has 0 aliphatic carbocycles. The maximum Gasteiger partial charge on any atom is 0.211 e. The molecule has 0 fully saturated rings. The molecule has 1 aromatic rings. The Balaban J connectivity index is 2.37. The minimum absolute atomic E-state index is 0.281. The van der Waals surface area contributed by atoms with Crippen LogP contribution in [0.3, 0.4) is 0 Å². The Hall–Kier alpha value is -0.910. The fraction of sp³-hybridized carbons (Fsp3) is 0.600. The van der Waals surface area contributed by atoms with Crippen LogP contribution in [-0.2, 0) is 10.0 Å². The highest BCUT2D eigenvalue weighted by atomic mass is 32.2. The Kier molecular flexibility index (Phi) is 6.65. The lowest BCUT2D eigenvalue weighted by molar-refractivity contribution is 0.413. The van der Waals surface area contributed by atoms with Gasteiger partial charge in [-0.1, -0.05) is 36.8 Å². The van der Waals surface area contributed by atoms with Crippen molar-refractivity contribution in [2.75, 3.05) is 25.9 Å². The molecule has 0 heterocycles. The van der Waals surface area contributed by atoms with E-state index in [1.807, 2.05) is 6.92 Å². The average Bonchev–Trinajstić information content (AvgIpc) is 2.37. The zero-order valence-electron chi connectivity index (χ0n) is 12.9. The maximum absolute atomic E-state index is 11.5. The van der Waals surface area contributed by atoms with Crippen molar-refractivity contribution < 1.29 is 8.42 Å². The van der Waals surface area contributed by atoms with Crippen molar-refractivity contribution >= 4 is 10.0 Å². The fourth-order valence-electron chi connectivity index (χ4n) is 2.19. The van der Waals surface area contributed by atoms with Crippen LogP contribution in [-0.4, -0.2) is 38.6 Å². The van der Waals surface area contributed by atoms with Gasteiger partial charge in [-0.05, 0) is 32.4 Å². The van der Waals surface area contributed by atoms with Crippen LogP contribution in [0.4, 0.5) is 0 Å². The number of benzene rings is 1. The molecule has 0 aliphatic heterocycles. The first-order chi connectivity index (χ1) is 9.34. The summed E-state index contributed by atoms with van der Waals surface area (Å²) in [6.45, 7) is 7.99. The van der Waals surface area contributed by atoms with E-state index in [1.165, 1.54) is 21.7 Å². The molecule has 0 saturated carbocycles. The molecule has 4 nitrogen and oxygen atoms in total. The first kappa shape index (κ1) is 17.1. The van der Waals surface area contributed by atoms with Crippen molar-refractivity contribution in [2.45, 2.75) is 33.2 Å². The first-order valence-electron chi connectivity index (χ1n) is 7.09. The number of nitrogens with zero attached hydrogens (tertiary/aromatic N) is 1. The molecule has 114 valence electrons. The van der Waals surface area contributed by atoms with E-state index in [-0.39, 0.29) is 6.04 Å². The highest BCUT2D eigenvalue weighted by molar-refractivity contribution is 7.88. The highest BCUT2D eigenvalue weighted by Crippen LogP contribution is 2.13. The average molecular weight is 298 g/mol. The third-order valence-corrected chi connectivity index (χ3v) is 4.78. The molecule has 0 spiro atoms. The smallest absolute Gasteiger partial charge is 0.211 e. The van der Waals surface area contributed by atoms with E-state index >= 15 is 0 Å². The standard InChI is InChI=1S/C15H26N2O2S/c1-5-17(20(4,18)19)11-7-10-16-14(3)15-9-6-8-13(2)12-15/h6,8-9,12,14,16H,5,7,10-11H2,1-4H3. The zero-order valence-corrected chi connectivity index (χ0v) is 13.7. The second-order valence-corrected chi connectivity index (χ2v) is 7.18. The Bertz CT molecular complexity index is 514. The third kappa shape index (κ3) is 5.61. The van der Waals surface area contributed by atoms with Crippen LogP contribution in [0.15, 0.2) is 24.3 Å². The quantitative estimate of drug-likeness (QED) is 0.749.